The Kier molecular flexibility index (Phi) is 7.05. The Balaban J connectivity index is 1.55. The second-order valence-corrected chi connectivity index (χ2v) is 11.0. The van der Waals surface area contributed by atoms with Gasteiger partial charge in [0.05, 0.1) is 17.8 Å². The molecule has 3 atom stereocenters. The van der Waals surface area contributed by atoms with Crippen LogP contribution in [0, 0.1) is 11.6 Å². The molecule has 7 nitrogen and oxygen atoms in total. The molecule has 1 N–H and O–H groups in total. The fourth-order valence-corrected chi connectivity index (χ4v) is 6.66. The summed E-state index contributed by atoms with van der Waals surface area (Å²) in [5.41, 5.74) is 0.903. The molecule has 0 saturated carbocycles. The Bertz CT molecular complexity index is 1330. The van der Waals surface area contributed by atoms with E-state index >= 15 is 8.78 Å². The SMILES string of the molecule is CC(NC(=O)c1cnn(C)c1)c1cc(F)c(CN2[C@@H](C)CC[C@H](c3ccccc3)S2(=O)=O)cc1F. The minimum Gasteiger partial charge on any atom is -0.345 e. The van der Waals surface area contributed by atoms with Crippen LogP contribution in [0.15, 0.2) is 54.9 Å². The molecule has 1 amide bonds. The summed E-state index contributed by atoms with van der Waals surface area (Å²) < 4.78 is 59.7. The van der Waals surface area contributed by atoms with Crippen LogP contribution >= 0.6 is 0 Å². The Morgan fingerprint density at radius 1 is 1.17 bits per heavy atom. The van der Waals surface area contributed by atoms with Crippen molar-refractivity contribution >= 4 is 15.9 Å². The zero-order valence-corrected chi connectivity index (χ0v) is 20.6. The number of rotatable bonds is 6. The molecule has 3 aromatic rings. The quantitative estimate of drug-likeness (QED) is 0.546. The third-order valence-electron chi connectivity index (χ3n) is 6.47. The van der Waals surface area contributed by atoms with Gasteiger partial charge in [-0.05, 0) is 44.4 Å². The molecule has 1 aliphatic heterocycles. The van der Waals surface area contributed by atoms with Gasteiger partial charge in [-0.1, -0.05) is 30.3 Å². The highest BCUT2D eigenvalue weighted by Crippen LogP contribution is 2.38. The van der Waals surface area contributed by atoms with E-state index in [1.54, 1.807) is 45.2 Å². The summed E-state index contributed by atoms with van der Waals surface area (Å²) in [5.74, 6) is -1.91. The van der Waals surface area contributed by atoms with Gasteiger partial charge in [-0.3, -0.25) is 9.48 Å². The van der Waals surface area contributed by atoms with Crippen LogP contribution in [0.25, 0.3) is 0 Å². The van der Waals surface area contributed by atoms with Crippen LogP contribution in [0.2, 0.25) is 0 Å². The molecule has 35 heavy (non-hydrogen) atoms. The molecular weight excluding hydrogens is 474 g/mol. The molecule has 0 spiro atoms. The van der Waals surface area contributed by atoms with Gasteiger partial charge in [0.1, 0.15) is 16.9 Å². The zero-order valence-electron chi connectivity index (χ0n) is 19.8. The summed E-state index contributed by atoms with van der Waals surface area (Å²) in [4.78, 5) is 12.4. The van der Waals surface area contributed by atoms with Crippen LogP contribution in [0.5, 0.6) is 0 Å². The number of benzene rings is 2. The average molecular weight is 503 g/mol. The molecule has 2 aromatic carbocycles. The third-order valence-corrected chi connectivity index (χ3v) is 8.84. The lowest BCUT2D eigenvalue weighted by atomic mass is 10.0. The van der Waals surface area contributed by atoms with Crippen molar-refractivity contribution in [1.29, 1.82) is 0 Å². The summed E-state index contributed by atoms with van der Waals surface area (Å²) in [7, 11) is -2.12. The summed E-state index contributed by atoms with van der Waals surface area (Å²) in [6.07, 6.45) is 3.97. The molecule has 4 rings (SSSR count). The highest BCUT2D eigenvalue weighted by molar-refractivity contribution is 7.89. The number of aryl methyl sites for hydroxylation is 1. The molecule has 186 valence electrons. The Hall–Kier alpha value is -3.11. The lowest BCUT2D eigenvalue weighted by Gasteiger charge is -2.37. The van der Waals surface area contributed by atoms with Gasteiger partial charge in [0.15, 0.2) is 0 Å². The number of nitrogens with one attached hydrogen (secondary N) is 1. The number of amides is 1. The number of sulfonamides is 1. The standard InChI is InChI=1S/C25H28F2N4O3S/c1-16-9-10-24(18-7-5-4-6-8-18)35(33,34)31(16)15-19-11-23(27)21(12-22(19)26)17(2)29-25(32)20-13-28-30(3)14-20/h4-8,11-14,16-17,24H,9-10,15H2,1-3H3,(H,29,32)/t16-,17?,24+/m0/s1. The molecular formula is C25H28F2N4O3S. The lowest BCUT2D eigenvalue weighted by Crippen LogP contribution is -2.44. The summed E-state index contributed by atoms with van der Waals surface area (Å²) in [6, 6.07) is 9.81. The monoisotopic (exact) mass is 502 g/mol. The molecule has 0 bridgehead atoms. The highest BCUT2D eigenvalue weighted by Gasteiger charge is 2.40. The maximum absolute atomic E-state index is 15.1. The second-order valence-electron chi connectivity index (χ2n) is 8.98. The van der Waals surface area contributed by atoms with Crippen molar-refractivity contribution in [3.63, 3.8) is 0 Å². The van der Waals surface area contributed by atoms with E-state index in [1.807, 2.05) is 6.07 Å². The first-order valence-corrected chi connectivity index (χ1v) is 12.9. The van der Waals surface area contributed by atoms with Gasteiger partial charge < -0.3 is 5.32 Å². The number of nitrogens with zero attached hydrogens (tertiary/aromatic N) is 3. The van der Waals surface area contributed by atoms with E-state index in [0.717, 1.165) is 12.1 Å². The van der Waals surface area contributed by atoms with Gasteiger partial charge in [0.25, 0.3) is 5.91 Å². The molecule has 1 aliphatic rings. The number of carbonyl (C=O) groups excluding carboxylic acids is 1. The smallest absolute Gasteiger partial charge is 0.254 e. The van der Waals surface area contributed by atoms with Gasteiger partial charge in [-0.15, -0.1) is 0 Å². The first-order chi connectivity index (χ1) is 16.6. The Labute approximate surface area is 203 Å². The maximum Gasteiger partial charge on any atom is 0.254 e. The van der Waals surface area contributed by atoms with E-state index in [-0.39, 0.29) is 23.7 Å². The summed E-state index contributed by atoms with van der Waals surface area (Å²) >= 11 is 0. The van der Waals surface area contributed by atoms with E-state index in [1.165, 1.54) is 21.4 Å². The molecule has 0 radical (unpaired) electrons. The average Bonchev–Trinajstić information content (AvgIpc) is 3.25. The van der Waals surface area contributed by atoms with Crippen LogP contribution in [0.4, 0.5) is 8.78 Å². The molecule has 1 saturated heterocycles. The fourth-order valence-electron chi connectivity index (χ4n) is 4.47. The molecule has 1 fully saturated rings. The van der Waals surface area contributed by atoms with Gasteiger partial charge in [0.2, 0.25) is 10.0 Å². The van der Waals surface area contributed by atoms with Crippen molar-refractivity contribution in [1.82, 2.24) is 19.4 Å². The molecule has 10 heteroatoms. The van der Waals surface area contributed by atoms with Crippen LogP contribution in [0.3, 0.4) is 0 Å². The first-order valence-electron chi connectivity index (χ1n) is 11.4. The predicted octanol–water partition coefficient (Wildman–Crippen LogP) is 4.24. The largest absolute Gasteiger partial charge is 0.345 e. The van der Waals surface area contributed by atoms with Crippen molar-refractivity contribution in [3.8, 4) is 0 Å². The Morgan fingerprint density at radius 3 is 2.54 bits per heavy atom. The number of aromatic nitrogens is 2. The predicted molar refractivity (Wildman–Crippen MR) is 128 cm³/mol. The van der Waals surface area contributed by atoms with Crippen LogP contribution in [-0.4, -0.2) is 34.5 Å². The van der Waals surface area contributed by atoms with E-state index < -0.39 is 38.9 Å². The minimum atomic E-state index is -3.79. The van der Waals surface area contributed by atoms with Crippen molar-refractivity contribution < 1.29 is 22.0 Å². The number of carbonyl (C=O) groups is 1. The molecule has 1 aromatic heterocycles. The van der Waals surface area contributed by atoms with Crippen LogP contribution in [-0.2, 0) is 23.6 Å². The van der Waals surface area contributed by atoms with Gasteiger partial charge in [-0.2, -0.15) is 9.40 Å². The van der Waals surface area contributed by atoms with Gasteiger partial charge in [-0.25, -0.2) is 17.2 Å². The van der Waals surface area contributed by atoms with Crippen molar-refractivity contribution in [2.24, 2.45) is 7.05 Å². The van der Waals surface area contributed by atoms with Gasteiger partial charge in [0, 0.05) is 37.0 Å². The highest BCUT2D eigenvalue weighted by atomic mass is 32.2. The topological polar surface area (TPSA) is 84.3 Å². The third kappa shape index (κ3) is 5.13. The fraction of sp³-hybridized carbons (Fsp3) is 0.360. The normalized spacial score (nSPS) is 20.9. The number of hydrogen-bond donors (Lipinski definition) is 1. The summed E-state index contributed by atoms with van der Waals surface area (Å²) in [6.45, 7) is 3.05. The maximum atomic E-state index is 15.1. The molecule has 2 heterocycles. The van der Waals surface area contributed by atoms with Crippen molar-refractivity contribution in [2.75, 3.05) is 0 Å². The zero-order chi connectivity index (χ0) is 25.3. The minimum absolute atomic E-state index is 0.0276. The first kappa shape index (κ1) is 25.0. The van der Waals surface area contributed by atoms with E-state index in [9.17, 15) is 13.2 Å². The van der Waals surface area contributed by atoms with Crippen LogP contribution in [0.1, 0.15) is 65.0 Å². The van der Waals surface area contributed by atoms with Gasteiger partial charge >= 0.3 is 0 Å². The number of halogens is 2. The molecule has 1 unspecified atom stereocenters. The molecule has 0 aliphatic carbocycles. The summed E-state index contributed by atoms with van der Waals surface area (Å²) in [5, 5.41) is 5.83. The lowest BCUT2D eigenvalue weighted by molar-refractivity contribution is 0.0939. The van der Waals surface area contributed by atoms with Crippen molar-refractivity contribution in [3.05, 3.63) is 88.7 Å². The van der Waals surface area contributed by atoms with E-state index in [0.29, 0.717) is 24.0 Å². The van der Waals surface area contributed by atoms with E-state index in [2.05, 4.69) is 10.4 Å². The Morgan fingerprint density at radius 2 is 1.89 bits per heavy atom. The van der Waals surface area contributed by atoms with Crippen molar-refractivity contribution in [2.45, 2.75) is 50.6 Å². The van der Waals surface area contributed by atoms with E-state index in [4.69, 9.17) is 0 Å². The number of hydrogen-bond acceptors (Lipinski definition) is 4. The second kappa shape index (κ2) is 9.87. The van der Waals surface area contributed by atoms with Crippen LogP contribution < -0.4 is 5.32 Å².